The molecule has 3 aromatic carbocycles. The predicted octanol–water partition coefficient (Wildman–Crippen LogP) is 5.55. The average molecular weight is 563 g/mol. The van der Waals surface area contributed by atoms with Gasteiger partial charge in [-0.2, -0.15) is 5.10 Å². The van der Waals surface area contributed by atoms with Crippen LogP contribution in [0.15, 0.2) is 78.9 Å². The lowest BCUT2D eigenvalue weighted by Crippen LogP contribution is -2.39. The average Bonchev–Trinajstić information content (AvgIpc) is 3.42. The van der Waals surface area contributed by atoms with E-state index in [1.165, 1.54) is 11.1 Å². The molecule has 1 fully saturated rings. The van der Waals surface area contributed by atoms with Gasteiger partial charge in [-0.1, -0.05) is 42.5 Å². The van der Waals surface area contributed by atoms with Crippen LogP contribution < -0.4 is 9.80 Å². The molecular formula is C34H34N4O4. The van der Waals surface area contributed by atoms with Gasteiger partial charge in [0.25, 0.3) is 5.91 Å². The predicted molar refractivity (Wildman–Crippen MR) is 161 cm³/mol. The van der Waals surface area contributed by atoms with Crippen LogP contribution in [0.3, 0.4) is 0 Å². The van der Waals surface area contributed by atoms with Gasteiger partial charge in [0.2, 0.25) is 5.91 Å². The Morgan fingerprint density at radius 3 is 2.07 bits per heavy atom. The van der Waals surface area contributed by atoms with Crippen molar-refractivity contribution in [3.8, 4) is 5.69 Å². The lowest BCUT2D eigenvalue weighted by Gasteiger charge is -2.29. The third-order valence-corrected chi connectivity index (χ3v) is 8.01. The van der Waals surface area contributed by atoms with Crippen molar-refractivity contribution >= 4 is 29.2 Å². The van der Waals surface area contributed by atoms with Crippen molar-refractivity contribution in [1.82, 2.24) is 9.78 Å². The fourth-order valence-corrected chi connectivity index (χ4v) is 5.79. The van der Waals surface area contributed by atoms with Crippen LogP contribution in [0, 0.1) is 0 Å². The van der Waals surface area contributed by atoms with E-state index >= 15 is 0 Å². The standard InChI is InChI=1S/C34H34N4O4/c1-2-42-34(41)31-29-21-23-37(27-19-17-26(18-20-27)36-22-7-6-10-30(36)39)33(40)32(29)38(35-31)28-15-13-25(14-16-28)12-11-24-8-4-3-5-9-24/h3-5,8-9,13-20H,2,6-7,10-12,21-23H2,1H3. The molecule has 0 spiro atoms. The van der Waals surface area contributed by atoms with Crippen LogP contribution in [0.4, 0.5) is 11.4 Å². The summed E-state index contributed by atoms with van der Waals surface area (Å²) in [6, 6.07) is 25.9. The van der Waals surface area contributed by atoms with E-state index in [1.54, 1.807) is 16.5 Å². The van der Waals surface area contributed by atoms with Crippen molar-refractivity contribution in [3.05, 3.63) is 107 Å². The number of aromatic nitrogens is 2. The van der Waals surface area contributed by atoms with E-state index in [1.807, 2.05) is 71.6 Å². The van der Waals surface area contributed by atoms with Crippen LogP contribution in [0.25, 0.3) is 5.69 Å². The normalized spacial score (nSPS) is 15.1. The lowest BCUT2D eigenvalue weighted by molar-refractivity contribution is -0.119. The van der Waals surface area contributed by atoms with E-state index < -0.39 is 5.97 Å². The maximum Gasteiger partial charge on any atom is 0.359 e. The first kappa shape index (κ1) is 27.4. The molecule has 2 amide bonds. The number of fused-ring (bicyclic) bond motifs is 1. The first-order chi connectivity index (χ1) is 20.5. The molecule has 0 bridgehead atoms. The molecule has 8 nitrogen and oxygen atoms in total. The summed E-state index contributed by atoms with van der Waals surface area (Å²) in [6.45, 7) is 3.10. The third-order valence-electron chi connectivity index (χ3n) is 8.01. The number of amides is 2. The molecule has 42 heavy (non-hydrogen) atoms. The highest BCUT2D eigenvalue weighted by atomic mass is 16.5. The van der Waals surface area contributed by atoms with E-state index in [0.717, 1.165) is 37.1 Å². The Balaban J connectivity index is 1.28. The van der Waals surface area contributed by atoms with Gasteiger partial charge in [-0.25, -0.2) is 9.48 Å². The van der Waals surface area contributed by atoms with Crippen molar-refractivity contribution in [2.24, 2.45) is 0 Å². The van der Waals surface area contributed by atoms with Crippen LogP contribution in [0.5, 0.6) is 0 Å². The van der Waals surface area contributed by atoms with Gasteiger partial charge in [0.15, 0.2) is 5.69 Å². The second-order valence-corrected chi connectivity index (χ2v) is 10.7. The van der Waals surface area contributed by atoms with Gasteiger partial charge in [0.05, 0.1) is 12.3 Å². The first-order valence-corrected chi connectivity index (χ1v) is 14.7. The van der Waals surface area contributed by atoms with E-state index in [2.05, 4.69) is 17.2 Å². The zero-order valence-electron chi connectivity index (χ0n) is 23.8. The van der Waals surface area contributed by atoms with Gasteiger partial charge < -0.3 is 14.5 Å². The molecule has 214 valence electrons. The molecule has 1 aromatic heterocycles. The number of carbonyl (C=O) groups is 3. The molecule has 0 unspecified atom stereocenters. The summed E-state index contributed by atoms with van der Waals surface area (Å²) in [4.78, 5) is 42.8. The van der Waals surface area contributed by atoms with E-state index in [0.29, 0.717) is 42.9 Å². The van der Waals surface area contributed by atoms with Crippen LogP contribution >= 0.6 is 0 Å². The molecular weight excluding hydrogens is 528 g/mol. The van der Waals surface area contributed by atoms with Crippen LogP contribution in [0.2, 0.25) is 0 Å². The number of rotatable bonds is 8. The molecule has 2 aliphatic heterocycles. The zero-order valence-corrected chi connectivity index (χ0v) is 23.8. The molecule has 3 heterocycles. The number of piperidine rings is 1. The highest BCUT2D eigenvalue weighted by molar-refractivity contribution is 6.09. The maximum atomic E-state index is 14.0. The highest BCUT2D eigenvalue weighted by Crippen LogP contribution is 2.31. The van der Waals surface area contributed by atoms with Gasteiger partial charge in [-0.05, 0) is 86.6 Å². The summed E-state index contributed by atoms with van der Waals surface area (Å²) in [5, 5.41) is 4.62. The minimum atomic E-state index is -0.524. The van der Waals surface area contributed by atoms with E-state index in [9.17, 15) is 14.4 Å². The van der Waals surface area contributed by atoms with Crippen LogP contribution in [-0.4, -0.2) is 47.3 Å². The lowest BCUT2D eigenvalue weighted by atomic mass is 10.0. The Labute approximate surface area is 245 Å². The van der Waals surface area contributed by atoms with Crippen molar-refractivity contribution in [2.75, 3.05) is 29.5 Å². The molecule has 4 aromatic rings. The number of aryl methyl sites for hydroxylation is 2. The number of ether oxygens (including phenoxy) is 1. The fourth-order valence-electron chi connectivity index (χ4n) is 5.79. The fraction of sp³-hybridized carbons (Fsp3) is 0.294. The molecule has 8 heteroatoms. The van der Waals surface area contributed by atoms with Crippen molar-refractivity contribution in [2.45, 2.75) is 45.4 Å². The summed E-state index contributed by atoms with van der Waals surface area (Å²) in [7, 11) is 0. The summed E-state index contributed by atoms with van der Waals surface area (Å²) in [5.74, 6) is -0.618. The Bertz CT molecular complexity index is 1590. The molecule has 0 atom stereocenters. The van der Waals surface area contributed by atoms with Gasteiger partial charge in [0.1, 0.15) is 5.69 Å². The van der Waals surface area contributed by atoms with E-state index in [4.69, 9.17) is 4.74 Å². The van der Waals surface area contributed by atoms with Crippen molar-refractivity contribution in [3.63, 3.8) is 0 Å². The number of carbonyl (C=O) groups excluding carboxylic acids is 3. The summed E-state index contributed by atoms with van der Waals surface area (Å²) in [5.41, 5.74) is 5.91. The van der Waals surface area contributed by atoms with Crippen molar-refractivity contribution in [1.29, 1.82) is 0 Å². The second-order valence-electron chi connectivity index (χ2n) is 10.7. The smallest absolute Gasteiger partial charge is 0.359 e. The van der Waals surface area contributed by atoms with E-state index in [-0.39, 0.29) is 24.1 Å². The topological polar surface area (TPSA) is 84.7 Å². The number of hydrogen-bond acceptors (Lipinski definition) is 5. The minimum Gasteiger partial charge on any atom is -0.461 e. The molecule has 0 saturated carbocycles. The van der Waals surface area contributed by atoms with Gasteiger partial charge >= 0.3 is 5.97 Å². The number of anilines is 2. The zero-order chi connectivity index (χ0) is 29.1. The molecule has 1 saturated heterocycles. The number of esters is 1. The first-order valence-electron chi connectivity index (χ1n) is 14.7. The Hall–Kier alpha value is -4.72. The molecule has 6 rings (SSSR count). The highest BCUT2D eigenvalue weighted by Gasteiger charge is 2.35. The van der Waals surface area contributed by atoms with Crippen LogP contribution in [-0.2, 0) is 28.8 Å². The Morgan fingerprint density at radius 1 is 0.762 bits per heavy atom. The molecule has 2 aliphatic rings. The minimum absolute atomic E-state index is 0.133. The SMILES string of the molecule is CCOC(=O)c1nn(-c2ccc(CCc3ccccc3)cc2)c2c1CCN(c1ccc(N3CCCCC3=O)cc1)C2=O. The Kier molecular flexibility index (Phi) is 7.86. The van der Waals surface area contributed by atoms with Gasteiger partial charge in [-0.15, -0.1) is 0 Å². The Morgan fingerprint density at radius 2 is 1.40 bits per heavy atom. The number of hydrogen-bond donors (Lipinski definition) is 0. The summed E-state index contributed by atoms with van der Waals surface area (Å²) in [6.07, 6.45) is 4.77. The monoisotopic (exact) mass is 562 g/mol. The van der Waals surface area contributed by atoms with Gasteiger partial charge in [0, 0.05) is 36.4 Å². The second kappa shape index (κ2) is 12.0. The molecule has 0 radical (unpaired) electrons. The largest absolute Gasteiger partial charge is 0.461 e. The van der Waals surface area contributed by atoms with Crippen molar-refractivity contribution < 1.29 is 19.1 Å². The summed E-state index contributed by atoms with van der Waals surface area (Å²) < 4.78 is 6.87. The molecule has 0 N–H and O–H groups in total. The van der Waals surface area contributed by atoms with Crippen LogP contribution in [0.1, 0.15) is 63.9 Å². The number of nitrogens with zero attached hydrogens (tertiary/aromatic N) is 4. The third kappa shape index (κ3) is 5.44. The quantitative estimate of drug-likeness (QED) is 0.263. The molecule has 0 aliphatic carbocycles. The summed E-state index contributed by atoms with van der Waals surface area (Å²) >= 11 is 0. The maximum absolute atomic E-state index is 14.0. The number of benzene rings is 3. The van der Waals surface area contributed by atoms with Gasteiger partial charge in [-0.3, -0.25) is 9.59 Å².